The van der Waals surface area contributed by atoms with E-state index in [4.69, 9.17) is 0 Å². The molecule has 4 nitrogen and oxygen atoms in total. The Bertz CT molecular complexity index is 417. The van der Waals surface area contributed by atoms with Gasteiger partial charge in [-0.25, -0.2) is 4.79 Å². The highest BCUT2D eigenvalue weighted by Crippen LogP contribution is 2.21. The monoisotopic (exact) mass is 297 g/mol. The molecule has 112 valence electrons. The molecule has 2 N–H and O–H groups in total. The minimum atomic E-state index is -0.989. The summed E-state index contributed by atoms with van der Waals surface area (Å²) in [6, 6.07) is 9.63. The summed E-state index contributed by atoms with van der Waals surface area (Å²) >= 11 is 1.64. The highest BCUT2D eigenvalue weighted by Gasteiger charge is 2.32. The molecular formula is C15H23NO3S. The van der Waals surface area contributed by atoms with Crippen LogP contribution in [0, 0.1) is 0 Å². The molecule has 20 heavy (non-hydrogen) atoms. The fourth-order valence-corrected chi connectivity index (χ4v) is 3.16. The maximum absolute atomic E-state index is 11.4. The molecule has 5 heteroatoms. The van der Waals surface area contributed by atoms with E-state index in [1.165, 1.54) is 10.5 Å². The fourth-order valence-electron chi connectivity index (χ4n) is 2.09. The molecule has 0 aliphatic carbocycles. The summed E-state index contributed by atoms with van der Waals surface area (Å²) in [5.74, 6) is 1.39. The zero-order valence-electron chi connectivity index (χ0n) is 12.2. The molecule has 1 rings (SSSR count). The van der Waals surface area contributed by atoms with E-state index in [1.54, 1.807) is 11.8 Å². The van der Waals surface area contributed by atoms with Gasteiger partial charge in [0.1, 0.15) is 0 Å². The first-order chi connectivity index (χ1) is 9.36. The molecule has 1 aromatic carbocycles. The number of rotatable bonds is 6. The molecule has 0 radical (unpaired) electrons. The first kappa shape index (κ1) is 16.9. The first-order valence-corrected chi connectivity index (χ1v) is 7.76. The van der Waals surface area contributed by atoms with Crippen molar-refractivity contribution in [1.82, 2.24) is 4.90 Å². The van der Waals surface area contributed by atoms with Crippen molar-refractivity contribution in [3.8, 4) is 0 Å². The highest BCUT2D eigenvalue weighted by atomic mass is 32.2. The number of carbonyl (C=O) groups is 1. The number of benzene rings is 1. The number of aliphatic hydroxyl groups excluding tert-OH is 1. The van der Waals surface area contributed by atoms with Crippen LogP contribution >= 0.6 is 11.8 Å². The van der Waals surface area contributed by atoms with Crippen molar-refractivity contribution >= 4 is 17.9 Å². The number of nitrogens with zero attached hydrogens (tertiary/aromatic N) is 1. The van der Waals surface area contributed by atoms with Crippen LogP contribution in [-0.2, 0) is 5.75 Å². The van der Waals surface area contributed by atoms with Crippen molar-refractivity contribution in [2.75, 3.05) is 12.4 Å². The van der Waals surface area contributed by atoms with Gasteiger partial charge in [-0.3, -0.25) is 4.90 Å². The van der Waals surface area contributed by atoms with Crippen LogP contribution in [0.2, 0.25) is 0 Å². The van der Waals surface area contributed by atoms with Gasteiger partial charge in [0.05, 0.1) is 12.6 Å². The van der Waals surface area contributed by atoms with Gasteiger partial charge in [-0.1, -0.05) is 30.3 Å². The molecule has 0 bridgehead atoms. The van der Waals surface area contributed by atoms with E-state index in [9.17, 15) is 15.0 Å². The third-order valence-corrected chi connectivity index (χ3v) is 4.08. The largest absolute Gasteiger partial charge is 0.465 e. The number of hydrogen-bond donors (Lipinski definition) is 2. The van der Waals surface area contributed by atoms with E-state index in [1.807, 2.05) is 51.1 Å². The van der Waals surface area contributed by atoms with Gasteiger partial charge < -0.3 is 10.2 Å². The summed E-state index contributed by atoms with van der Waals surface area (Å²) in [6.45, 7) is 5.36. The lowest BCUT2D eigenvalue weighted by Crippen LogP contribution is -2.53. The molecular weight excluding hydrogens is 274 g/mol. The molecule has 1 atom stereocenters. The third kappa shape index (κ3) is 5.06. The Morgan fingerprint density at radius 3 is 2.35 bits per heavy atom. The van der Waals surface area contributed by atoms with Gasteiger partial charge in [0.2, 0.25) is 0 Å². The van der Waals surface area contributed by atoms with Gasteiger partial charge in [-0.2, -0.15) is 11.8 Å². The van der Waals surface area contributed by atoms with E-state index < -0.39 is 11.6 Å². The Morgan fingerprint density at radius 1 is 1.30 bits per heavy atom. The van der Waals surface area contributed by atoms with Crippen molar-refractivity contribution in [3.63, 3.8) is 0 Å². The molecule has 1 aromatic rings. The molecule has 0 saturated carbocycles. The summed E-state index contributed by atoms with van der Waals surface area (Å²) < 4.78 is 0. The van der Waals surface area contributed by atoms with Crippen molar-refractivity contribution in [1.29, 1.82) is 0 Å². The van der Waals surface area contributed by atoms with Crippen LogP contribution in [-0.4, -0.2) is 45.1 Å². The van der Waals surface area contributed by atoms with Gasteiger partial charge >= 0.3 is 6.09 Å². The zero-order chi connectivity index (χ0) is 15.2. The quantitative estimate of drug-likeness (QED) is 0.847. The first-order valence-electron chi connectivity index (χ1n) is 6.61. The average molecular weight is 297 g/mol. The van der Waals surface area contributed by atoms with Crippen molar-refractivity contribution in [2.24, 2.45) is 0 Å². The van der Waals surface area contributed by atoms with Crippen LogP contribution in [0.5, 0.6) is 0 Å². The SMILES string of the molecule is CC(C)(C)N(C(=O)O)[C@@H](CO)CSCc1ccccc1. The second kappa shape index (κ2) is 7.55. The van der Waals surface area contributed by atoms with Crippen LogP contribution in [0.3, 0.4) is 0 Å². The number of amides is 1. The molecule has 0 aromatic heterocycles. The van der Waals surface area contributed by atoms with Crippen molar-refractivity contribution in [3.05, 3.63) is 35.9 Å². The number of thioether (sulfide) groups is 1. The van der Waals surface area contributed by atoms with Crippen LogP contribution in [0.1, 0.15) is 26.3 Å². The Hall–Kier alpha value is -1.20. The van der Waals surface area contributed by atoms with Gasteiger partial charge in [-0.15, -0.1) is 0 Å². The topological polar surface area (TPSA) is 60.8 Å². The highest BCUT2D eigenvalue weighted by molar-refractivity contribution is 7.98. The fraction of sp³-hybridized carbons (Fsp3) is 0.533. The van der Waals surface area contributed by atoms with Gasteiger partial charge in [0.25, 0.3) is 0 Å². The van der Waals surface area contributed by atoms with E-state index in [0.717, 1.165) is 5.75 Å². The van der Waals surface area contributed by atoms with Crippen LogP contribution in [0.25, 0.3) is 0 Å². The predicted octanol–water partition coefficient (Wildman–Crippen LogP) is 3.06. The summed E-state index contributed by atoms with van der Waals surface area (Å²) in [5, 5.41) is 18.8. The second-order valence-electron chi connectivity index (χ2n) is 5.66. The third-order valence-electron chi connectivity index (χ3n) is 2.93. The van der Waals surface area contributed by atoms with E-state index in [2.05, 4.69) is 0 Å². The summed E-state index contributed by atoms with van der Waals surface area (Å²) in [5.41, 5.74) is 0.679. The Labute approximate surface area is 124 Å². The van der Waals surface area contributed by atoms with Crippen LogP contribution in [0.4, 0.5) is 4.79 Å². The number of hydrogen-bond acceptors (Lipinski definition) is 3. The van der Waals surface area contributed by atoms with Gasteiger partial charge in [0.15, 0.2) is 0 Å². The van der Waals surface area contributed by atoms with E-state index >= 15 is 0 Å². The maximum atomic E-state index is 11.4. The normalized spacial score (nSPS) is 13.0. The molecule has 0 spiro atoms. The maximum Gasteiger partial charge on any atom is 0.408 e. The molecule has 0 saturated heterocycles. The minimum Gasteiger partial charge on any atom is -0.465 e. The smallest absolute Gasteiger partial charge is 0.408 e. The average Bonchev–Trinajstić information content (AvgIpc) is 2.36. The number of carboxylic acid groups (broad SMARTS) is 1. The van der Waals surface area contributed by atoms with E-state index in [0.29, 0.717) is 5.75 Å². The minimum absolute atomic E-state index is 0.161. The summed E-state index contributed by atoms with van der Waals surface area (Å²) in [7, 11) is 0. The predicted molar refractivity (Wildman–Crippen MR) is 83.1 cm³/mol. The lowest BCUT2D eigenvalue weighted by Gasteiger charge is -2.38. The second-order valence-corrected chi connectivity index (χ2v) is 6.69. The molecule has 0 heterocycles. The lowest BCUT2D eigenvalue weighted by molar-refractivity contribution is 0.0549. The molecule has 0 aliphatic rings. The Morgan fingerprint density at radius 2 is 1.90 bits per heavy atom. The van der Waals surface area contributed by atoms with Crippen molar-refractivity contribution < 1.29 is 15.0 Å². The van der Waals surface area contributed by atoms with Gasteiger partial charge in [0, 0.05) is 17.0 Å². The molecule has 0 unspecified atom stereocenters. The lowest BCUT2D eigenvalue weighted by atomic mass is 10.0. The van der Waals surface area contributed by atoms with Crippen LogP contribution < -0.4 is 0 Å². The van der Waals surface area contributed by atoms with E-state index in [-0.39, 0.29) is 12.6 Å². The summed E-state index contributed by atoms with van der Waals surface area (Å²) in [4.78, 5) is 12.7. The Balaban J connectivity index is 2.60. The summed E-state index contributed by atoms with van der Waals surface area (Å²) in [6.07, 6.45) is -0.989. The Kier molecular flexibility index (Phi) is 6.36. The van der Waals surface area contributed by atoms with Crippen LogP contribution in [0.15, 0.2) is 30.3 Å². The number of aliphatic hydroxyl groups is 1. The molecule has 0 fully saturated rings. The zero-order valence-corrected chi connectivity index (χ0v) is 13.1. The van der Waals surface area contributed by atoms with Crippen molar-refractivity contribution in [2.45, 2.75) is 38.1 Å². The van der Waals surface area contributed by atoms with Gasteiger partial charge in [-0.05, 0) is 26.3 Å². The standard InChI is InChI=1S/C15H23NO3S/c1-15(2,3)16(14(18)19)13(9-17)11-20-10-12-7-5-4-6-8-12/h4-8,13,17H,9-11H2,1-3H3,(H,18,19)/t13-/m0/s1. The molecule has 0 aliphatic heterocycles. The molecule has 1 amide bonds.